The number of nitro benzene ring substituents is 1. The van der Waals surface area contributed by atoms with Crippen LogP contribution < -0.4 is 14.2 Å². The van der Waals surface area contributed by atoms with Crippen LogP contribution in [-0.2, 0) is 17.8 Å². The van der Waals surface area contributed by atoms with Crippen molar-refractivity contribution < 1.29 is 33.1 Å². The van der Waals surface area contributed by atoms with E-state index >= 15 is 4.39 Å². The van der Waals surface area contributed by atoms with E-state index in [9.17, 15) is 14.9 Å². The number of rotatable bonds is 12. The van der Waals surface area contributed by atoms with Crippen LogP contribution in [0.5, 0.6) is 17.6 Å². The summed E-state index contributed by atoms with van der Waals surface area (Å²) < 4.78 is 39.9. The number of fused-ring (bicyclic) bond motifs is 3. The summed E-state index contributed by atoms with van der Waals surface area (Å²) in [7, 11) is 0. The molecule has 6 aromatic rings. The predicted molar refractivity (Wildman–Crippen MR) is 198 cm³/mol. The van der Waals surface area contributed by atoms with Gasteiger partial charge in [-0.25, -0.2) is 9.18 Å². The summed E-state index contributed by atoms with van der Waals surface area (Å²) in [6.07, 6.45) is 5.17. The lowest BCUT2D eigenvalue weighted by atomic mass is 9.95. The zero-order valence-electron chi connectivity index (χ0n) is 29.3. The monoisotopic (exact) mass is 729 g/mol. The van der Waals surface area contributed by atoms with Crippen LogP contribution in [0.15, 0.2) is 97.2 Å². The molecule has 0 bridgehead atoms. The van der Waals surface area contributed by atoms with Gasteiger partial charge in [-0.15, -0.1) is 0 Å². The molecule has 4 heterocycles. The topological polar surface area (TPSA) is 139 Å². The van der Waals surface area contributed by atoms with E-state index < -0.39 is 16.9 Å². The third-order valence-corrected chi connectivity index (χ3v) is 10.2. The second kappa shape index (κ2) is 15.0. The highest BCUT2D eigenvalue weighted by Crippen LogP contribution is 2.40. The van der Waals surface area contributed by atoms with Gasteiger partial charge in [-0.1, -0.05) is 66.7 Å². The number of carbonyl (C=O) groups is 1. The maximum Gasteiger partial charge on any atom is 0.513 e. The summed E-state index contributed by atoms with van der Waals surface area (Å²) in [5, 5.41) is 12.8. The van der Waals surface area contributed by atoms with Gasteiger partial charge in [-0.2, -0.15) is 9.97 Å². The average molecular weight is 730 g/mol. The molecule has 54 heavy (non-hydrogen) atoms. The van der Waals surface area contributed by atoms with Crippen molar-refractivity contribution in [1.29, 1.82) is 0 Å². The fraction of sp³-hybridized carbons (Fsp3) is 0.268. The van der Waals surface area contributed by atoms with Crippen LogP contribution >= 0.6 is 0 Å². The van der Waals surface area contributed by atoms with Crippen LogP contribution in [0.4, 0.5) is 14.9 Å². The number of ether oxygens (including phenoxy) is 4. The van der Waals surface area contributed by atoms with E-state index in [1.807, 2.05) is 60.7 Å². The second-order valence-corrected chi connectivity index (χ2v) is 13.5. The van der Waals surface area contributed by atoms with Gasteiger partial charge in [0.25, 0.3) is 5.69 Å². The number of benzene rings is 4. The molecule has 2 aromatic heterocycles. The molecular formula is C41H36FN5O7. The quantitative estimate of drug-likeness (QED) is 0.0521. The minimum Gasteiger partial charge on any atom is -0.472 e. The SMILES string of the molecule is O=C(OCCc1cccc2cccc(-c3ncc4c(OCc5ccccc5)nc(OCC56CCCN5CCC6)nc4c3F)c12)Oc1ccc([N+](=O)[O-])cc1. The molecule has 13 heteroatoms. The summed E-state index contributed by atoms with van der Waals surface area (Å²) in [6, 6.07) is 26.0. The van der Waals surface area contributed by atoms with Crippen LogP contribution in [0.25, 0.3) is 32.9 Å². The van der Waals surface area contributed by atoms with Crippen LogP contribution in [0.1, 0.15) is 36.8 Å². The molecule has 2 aliphatic heterocycles. The smallest absolute Gasteiger partial charge is 0.472 e. The van der Waals surface area contributed by atoms with E-state index in [4.69, 9.17) is 18.9 Å². The Morgan fingerprint density at radius 3 is 2.43 bits per heavy atom. The highest BCUT2D eigenvalue weighted by atomic mass is 19.1. The average Bonchev–Trinajstić information content (AvgIpc) is 3.78. The van der Waals surface area contributed by atoms with E-state index in [0.717, 1.165) is 60.7 Å². The Kier molecular flexibility index (Phi) is 9.70. The van der Waals surface area contributed by atoms with Gasteiger partial charge in [0.1, 0.15) is 30.2 Å². The lowest BCUT2D eigenvalue weighted by molar-refractivity contribution is -0.384. The Labute approximate surface area is 309 Å². The minimum absolute atomic E-state index is 0.0343. The molecule has 8 rings (SSSR count). The Morgan fingerprint density at radius 2 is 1.67 bits per heavy atom. The van der Waals surface area contributed by atoms with Crippen LogP contribution in [0.2, 0.25) is 0 Å². The molecule has 2 aliphatic rings. The van der Waals surface area contributed by atoms with Crippen LogP contribution in [0, 0.1) is 15.9 Å². The number of carbonyl (C=O) groups excluding carboxylic acids is 1. The van der Waals surface area contributed by atoms with Crippen LogP contribution in [0.3, 0.4) is 0 Å². The second-order valence-electron chi connectivity index (χ2n) is 13.5. The molecule has 0 radical (unpaired) electrons. The first-order valence-electron chi connectivity index (χ1n) is 17.9. The number of nitro groups is 1. The molecule has 12 nitrogen and oxygen atoms in total. The highest BCUT2D eigenvalue weighted by molar-refractivity contribution is 6.00. The number of hydrogen-bond donors (Lipinski definition) is 0. The maximum atomic E-state index is 16.9. The zero-order chi connectivity index (χ0) is 37.1. The molecule has 0 unspecified atom stereocenters. The summed E-state index contributed by atoms with van der Waals surface area (Å²) in [5.74, 6) is -0.350. The van der Waals surface area contributed by atoms with Gasteiger partial charge >= 0.3 is 12.2 Å². The standard InChI is InChI=1S/C41H36FN5O7/c42-35-36(32-13-5-12-28-10-4-11-29(34(28)32)18-23-51-40(48)54-31-16-14-30(15-17-31)47(49)50)43-24-33-37(35)44-39(45-38(33)52-25-27-8-2-1-3-9-27)53-26-41-19-6-21-46(41)22-7-20-41/h1-5,8-17,24H,6-7,18-23,25-26H2. The van der Waals surface area contributed by atoms with Crippen LogP contribution in [-0.4, -0.2) is 62.8 Å². The molecule has 0 amide bonds. The largest absolute Gasteiger partial charge is 0.513 e. The molecule has 0 aliphatic carbocycles. The number of aromatic nitrogens is 3. The first kappa shape index (κ1) is 34.9. The fourth-order valence-electron chi connectivity index (χ4n) is 7.59. The predicted octanol–water partition coefficient (Wildman–Crippen LogP) is 8.24. The molecule has 0 N–H and O–H groups in total. The lowest BCUT2D eigenvalue weighted by Crippen LogP contribution is -2.43. The molecule has 274 valence electrons. The van der Waals surface area contributed by atoms with Gasteiger partial charge in [0.2, 0.25) is 5.88 Å². The van der Waals surface area contributed by atoms with Crippen molar-refractivity contribution in [3.05, 3.63) is 124 Å². The highest BCUT2D eigenvalue weighted by Gasteiger charge is 2.45. The summed E-state index contributed by atoms with van der Waals surface area (Å²) in [4.78, 5) is 39.1. The number of pyridine rings is 1. The number of hydrogen-bond acceptors (Lipinski definition) is 11. The lowest BCUT2D eigenvalue weighted by Gasteiger charge is -2.31. The number of halogens is 1. The van der Waals surface area contributed by atoms with E-state index in [-0.39, 0.29) is 59.7 Å². The third kappa shape index (κ3) is 7.09. The van der Waals surface area contributed by atoms with Crippen molar-refractivity contribution in [3.8, 4) is 28.9 Å². The summed E-state index contributed by atoms with van der Waals surface area (Å²) >= 11 is 0. The van der Waals surface area contributed by atoms with Gasteiger partial charge in [0.15, 0.2) is 5.82 Å². The molecule has 0 atom stereocenters. The van der Waals surface area contributed by atoms with Crippen molar-refractivity contribution in [2.45, 2.75) is 44.2 Å². The molecule has 0 spiro atoms. The van der Waals surface area contributed by atoms with Crippen molar-refractivity contribution in [2.24, 2.45) is 0 Å². The first-order chi connectivity index (χ1) is 26.4. The molecule has 2 saturated heterocycles. The van der Waals surface area contributed by atoms with Gasteiger partial charge in [-0.05, 0) is 72.8 Å². The Morgan fingerprint density at radius 1 is 0.907 bits per heavy atom. The van der Waals surface area contributed by atoms with E-state index in [1.165, 1.54) is 30.5 Å². The van der Waals surface area contributed by atoms with Crippen molar-refractivity contribution in [3.63, 3.8) is 0 Å². The molecule has 0 saturated carbocycles. The Balaban J connectivity index is 1.09. The van der Waals surface area contributed by atoms with E-state index in [2.05, 4.69) is 19.9 Å². The molecular weight excluding hydrogens is 693 g/mol. The first-order valence-corrected chi connectivity index (χ1v) is 17.9. The van der Waals surface area contributed by atoms with Gasteiger partial charge < -0.3 is 18.9 Å². The zero-order valence-corrected chi connectivity index (χ0v) is 29.3. The summed E-state index contributed by atoms with van der Waals surface area (Å²) in [5.41, 5.74) is 2.20. The maximum absolute atomic E-state index is 16.9. The normalized spacial score (nSPS) is 14.9. The van der Waals surface area contributed by atoms with Crippen molar-refractivity contribution in [2.75, 3.05) is 26.3 Å². The van der Waals surface area contributed by atoms with E-state index in [1.54, 1.807) is 6.07 Å². The van der Waals surface area contributed by atoms with Gasteiger partial charge in [0, 0.05) is 30.3 Å². The summed E-state index contributed by atoms with van der Waals surface area (Å²) in [6.45, 7) is 2.67. The fourth-order valence-corrected chi connectivity index (χ4v) is 7.59. The Hall–Kier alpha value is -6.21. The van der Waals surface area contributed by atoms with Crippen molar-refractivity contribution >= 4 is 33.5 Å². The third-order valence-electron chi connectivity index (χ3n) is 10.2. The van der Waals surface area contributed by atoms with Gasteiger partial charge in [0.05, 0.1) is 22.5 Å². The number of non-ortho nitro benzene ring substituents is 1. The molecule has 2 fully saturated rings. The number of nitrogens with zero attached hydrogens (tertiary/aromatic N) is 5. The Bertz CT molecular complexity index is 2330. The minimum atomic E-state index is -0.956. The van der Waals surface area contributed by atoms with Gasteiger partial charge in [-0.3, -0.25) is 20.0 Å². The molecule has 4 aromatic carbocycles. The van der Waals surface area contributed by atoms with E-state index in [0.29, 0.717) is 17.6 Å². The van der Waals surface area contributed by atoms with Crippen molar-refractivity contribution in [1.82, 2.24) is 19.9 Å².